The van der Waals surface area contributed by atoms with Gasteiger partial charge < -0.3 is 11.1 Å². The van der Waals surface area contributed by atoms with Crippen molar-refractivity contribution in [2.75, 3.05) is 5.32 Å². The Hall–Kier alpha value is -2.36. The summed E-state index contributed by atoms with van der Waals surface area (Å²) >= 11 is 0. The number of nitrogens with one attached hydrogen (secondary N) is 1. The van der Waals surface area contributed by atoms with Crippen molar-refractivity contribution in [3.8, 4) is 0 Å². The van der Waals surface area contributed by atoms with E-state index >= 15 is 0 Å². The molecule has 0 fully saturated rings. The largest absolute Gasteiger partial charge is 0.370 e. The second-order valence-corrected chi connectivity index (χ2v) is 4.33. The fourth-order valence-electron chi connectivity index (χ4n) is 1.76. The number of halogens is 1. The summed E-state index contributed by atoms with van der Waals surface area (Å²) in [7, 11) is 0. The number of nitrogens with two attached hydrogens (primary N) is 1. The summed E-state index contributed by atoms with van der Waals surface area (Å²) in [5.41, 5.74) is 8.28. The number of aryl methyl sites for hydroxylation is 1. The Morgan fingerprint density at radius 2 is 1.95 bits per heavy atom. The van der Waals surface area contributed by atoms with Gasteiger partial charge in [-0.1, -0.05) is 30.3 Å². The lowest BCUT2D eigenvalue weighted by Gasteiger charge is -2.07. The van der Waals surface area contributed by atoms with Crippen LogP contribution in [-0.4, -0.2) is 5.96 Å². The predicted molar refractivity (Wildman–Crippen MR) is 76.5 cm³/mol. The first-order chi connectivity index (χ1) is 9.13. The highest BCUT2D eigenvalue weighted by molar-refractivity contribution is 5.92. The molecule has 3 N–H and O–H groups in total. The number of hydrogen-bond donors (Lipinski definition) is 2. The number of guanidine groups is 1. The Morgan fingerprint density at radius 3 is 2.63 bits per heavy atom. The first-order valence-corrected chi connectivity index (χ1v) is 6.01. The molecule has 0 radical (unpaired) electrons. The molecule has 2 aromatic carbocycles. The third kappa shape index (κ3) is 4.10. The summed E-state index contributed by atoms with van der Waals surface area (Å²) in [6, 6.07) is 14.5. The molecule has 2 aromatic rings. The van der Waals surface area contributed by atoms with E-state index in [0.29, 0.717) is 12.2 Å². The van der Waals surface area contributed by atoms with Crippen molar-refractivity contribution in [3.63, 3.8) is 0 Å². The van der Waals surface area contributed by atoms with Crippen LogP contribution in [0.3, 0.4) is 0 Å². The van der Waals surface area contributed by atoms with Crippen LogP contribution >= 0.6 is 0 Å². The van der Waals surface area contributed by atoms with Crippen LogP contribution in [0.1, 0.15) is 11.1 Å². The molecular weight excluding hydrogens is 241 g/mol. The van der Waals surface area contributed by atoms with E-state index in [1.54, 1.807) is 0 Å². The summed E-state index contributed by atoms with van der Waals surface area (Å²) in [5.74, 6) is -0.0211. The highest BCUT2D eigenvalue weighted by Crippen LogP contribution is 2.12. The zero-order chi connectivity index (χ0) is 13.7. The second-order valence-electron chi connectivity index (χ2n) is 4.33. The van der Waals surface area contributed by atoms with E-state index < -0.39 is 0 Å². The van der Waals surface area contributed by atoms with E-state index in [1.807, 2.05) is 43.3 Å². The maximum absolute atomic E-state index is 13.2. The molecule has 2 rings (SSSR count). The molecule has 0 spiro atoms. The normalized spacial score (nSPS) is 11.4. The number of rotatable bonds is 3. The van der Waals surface area contributed by atoms with Crippen molar-refractivity contribution >= 4 is 11.6 Å². The van der Waals surface area contributed by atoms with Gasteiger partial charge in [-0.2, -0.15) is 0 Å². The van der Waals surface area contributed by atoms with Crippen LogP contribution < -0.4 is 11.1 Å². The first-order valence-electron chi connectivity index (χ1n) is 6.01. The van der Waals surface area contributed by atoms with Gasteiger partial charge in [-0.05, 0) is 36.2 Å². The first kappa shape index (κ1) is 13.1. The molecule has 19 heavy (non-hydrogen) atoms. The van der Waals surface area contributed by atoms with Gasteiger partial charge in [-0.3, -0.25) is 0 Å². The number of nitrogens with zero attached hydrogens (tertiary/aromatic N) is 1. The van der Waals surface area contributed by atoms with Crippen LogP contribution in [-0.2, 0) is 6.54 Å². The monoisotopic (exact) mass is 257 g/mol. The molecule has 0 saturated carbocycles. The Morgan fingerprint density at radius 1 is 1.21 bits per heavy atom. The van der Waals surface area contributed by atoms with E-state index in [1.165, 1.54) is 12.1 Å². The highest BCUT2D eigenvalue weighted by atomic mass is 19.1. The van der Waals surface area contributed by atoms with E-state index in [0.717, 1.165) is 11.1 Å². The Balaban J connectivity index is 2.02. The number of anilines is 1. The lowest BCUT2D eigenvalue weighted by Crippen LogP contribution is -2.22. The summed E-state index contributed by atoms with van der Waals surface area (Å²) in [5, 5.41) is 2.88. The Labute approximate surface area is 112 Å². The molecule has 0 aliphatic rings. The van der Waals surface area contributed by atoms with Gasteiger partial charge in [0.1, 0.15) is 5.82 Å². The molecule has 4 heteroatoms. The molecule has 0 unspecified atom stereocenters. The average molecular weight is 257 g/mol. The summed E-state index contributed by atoms with van der Waals surface area (Å²) in [4.78, 5) is 4.21. The van der Waals surface area contributed by atoms with Gasteiger partial charge in [-0.25, -0.2) is 9.38 Å². The summed E-state index contributed by atoms with van der Waals surface area (Å²) in [6.45, 7) is 2.32. The molecule has 3 nitrogen and oxygen atoms in total. The summed E-state index contributed by atoms with van der Waals surface area (Å²) < 4.78 is 13.2. The minimum absolute atomic E-state index is 0.272. The molecule has 98 valence electrons. The van der Waals surface area contributed by atoms with Gasteiger partial charge in [0.25, 0.3) is 0 Å². The smallest absolute Gasteiger partial charge is 0.193 e. The van der Waals surface area contributed by atoms with Crippen LogP contribution in [0.5, 0.6) is 0 Å². The summed E-state index contributed by atoms with van der Waals surface area (Å²) in [6.07, 6.45) is 0. The molecule has 0 atom stereocenters. The third-order valence-corrected chi connectivity index (χ3v) is 2.59. The zero-order valence-corrected chi connectivity index (χ0v) is 10.7. The van der Waals surface area contributed by atoms with Gasteiger partial charge in [0.05, 0.1) is 6.54 Å². The lowest BCUT2D eigenvalue weighted by molar-refractivity contribution is 0.627. The van der Waals surface area contributed by atoms with Crippen LogP contribution in [0.15, 0.2) is 53.5 Å². The van der Waals surface area contributed by atoms with E-state index in [-0.39, 0.29) is 11.8 Å². The van der Waals surface area contributed by atoms with Crippen LogP contribution in [0, 0.1) is 12.7 Å². The minimum Gasteiger partial charge on any atom is -0.370 e. The average Bonchev–Trinajstić information content (AvgIpc) is 2.36. The third-order valence-electron chi connectivity index (χ3n) is 2.59. The van der Waals surface area contributed by atoms with E-state index in [9.17, 15) is 4.39 Å². The highest BCUT2D eigenvalue weighted by Gasteiger charge is 1.99. The van der Waals surface area contributed by atoms with Gasteiger partial charge in [-0.15, -0.1) is 0 Å². The van der Waals surface area contributed by atoms with E-state index in [2.05, 4.69) is 10.3 Å². The van der Waals surface area contributed by atoms with Gasteiger partial charge in [0.2, 0.25) is 0 Å². The minimum atomic E-state index is -0.293. The van der Waals surface area contributed by atoms with Crippen molar-refractivity contribution in [2.45, 2.75) is 13.5 Å². The number of hydrogen-bond acceptors (Lipinski definition) is 1. The topological polar surface area (TPSA) is 50.4 Å². The van der Waals surface area contributed by atoms with Crippen molar-refractivity contribution < 1.29 is 4.39 Å². The van der Waals surface area contributed by atoms with Gasteiger partial charge in [0, 0.05) is 5.69 Å². The van der Waals surface area contributed by atoms with Crippen LogP contribution in [0.25, 0.3) is 0 Å². The molecule has 0 bridgehead atoms. The van der Waals surface area contributed by atoms with Gasteiger partial charge >= 0.3 is 0 Å². The molecule has 0 aromatic heterocycles. The number of benzene rings is 2. The Kier molecular flexibility index (Phi) is 4.13. The fraction of sp³-hybridized carbons (Fsp3) is 0.133. The van der Waals surface area contributed by atoms with Crippen molar-refractivity contribution in [2.24, 2.45) is 10.7 Å². The van der Waals surface area contributed by atoms with E-state index in [4.69, 9.17) is 5.73 Å². The molecule has 0 saturated heterocycles. The van der Waals surface area contributed by atoms with Crippen molar-refractivity contribution in [1.29, 1.82) is 0 Å². The number of aliphatic imine (C=N–C) groups is 1. The lowest BCUT2D eigenvalue weighted by atomic mass is 10.2. The van der Waals surface area contributed by atoms with Crippen LogP contribution in [0.2, 0.25) is 0 Å². The maximum Gasteiger partial charge on any atom is 0.193 e. The SMILES string of the molecule is Cc1cc(F)cc(NC(N)=NCc2ccccc2)c1. The molecule has 0 aliphatic heterocycles. The second kappa shape index (κ2) is 6.00. The standard InChI is InChI=1S/C15H16FN3/c1-11-7-13(16)9-14(8-11)19-15(17)18-10-12-5-3-2-4-6-12/h2-9H,10H2,1H3,(H3,17,18,19). The van der Waals surface area contributed by atoms with Crippen molar-refractivity contribution in [1.82, 2.24) is 0 Å². The molecule has 0 amide bonds. The fourth-order valence-corrected chi connectivity index (χ4v) is 1.76. The van der Waals surface area contributed by atoms with Gasteiger partial charge in [0.15, 0.2) is 5.96 Å². The van der Waals surface area contributed by atoms with Crippen LogP contribution in [0.4, 0.5) is 10.1 Å². The maximum atomic E-state index is 13.2. The zero-order valence-electron chi connectivity index (χ0n) is 10.7. The molecule has 0 heterocycles. The predicted octanol–water partition coefficient (Wildman–Crippen LogP) is 3.06. The Bertz CT molecular complexity index is 559. The van der Waals surface area contributed by atoms with Crippen molar-refractivity contribution in [3.05, 3.63) is 65.5 Å². The quantitative estimate of drug-likeness (QED) is 0.656. The molecule has 0 aliphatic carbocycles. The molecular formula is C15H16FN3.